The molecule has 0 N–H and O–H groups in total. The highest BCUT2D eigenvalue weighted by molar-refractivity contribution is 7.90. The van der Waals surface area contributed by atoms with Gasteiger partial charge in [-0.05, 0) is 92.4 Å². The number of ether oxygens (including phenoxy) is 2. The van der Waals surface area contributed by atoms with E-state index < -0.39 is 50.8 Å². The Labute approximate surface area is 252 Å². The minimum absolute atomic E-state index is 0.0478. The number of hydrogen-bond acceptors (Lipinski definition) is 6. The van der Waals surface area contributed by atoms with Crippen LogP contribution < -0.4 is 4.74 Å². The van der Waals surface area contributed by atoms with Gasteiger partial charge in [0, 0.05) is 11.5 Å². The molecule has 2 heterocycles. The summed E-state index contributed by atoms with van der Waals surface area (Å²) in [5, 5.41) is 0. The molecule has 230 valence electrons. The summed E-state index contributed by atoms with van der Waals surface area (Å²) < 4.78 is 92.4. The third-order valence-corrected chi connectivity index (χ3v) is 8.73. The van der Waals surface area contributed by atoms with E-state index in [1.807, 2.05) is 0 Å². The van der Waals surface area contributed by atoms with Gasteiger partial charge in [-0.3, -0.25) is 0 Å². The van der Waals surface area contributed by atoms with Gasteiger partial charge in [0.2, 0.25) is 5.95 Å². The van der Waals surface area contributed by atoms with Crippen LogP contribution in [0.4, 0.5) is 17.6 Å². The highest BCUT2D eigenvalue weighted by Gasteiger charge is 2.33. The second-order valence-electron chi connectivity index (χ2n) is 11.5. The van der Waals surface area contributed by atoms with Crippen molar-refractivity contribution >= 4 is 15.8 Å². The number of halogens is 4. The molecule has 11 heteroatoms. The summed E-state index contributed by atoms with van der Waals surface area (Å²) in [6.07, 6.45) is -4.15. The van der Waals surface area contributed by atoms with Gasteiger partial charge >= 0.3 is 12.1 Å². The second kappa shape index (κ2) is 11.7. The molecule has 0 radical (unpaired) electrons. The molecule has 1 aliphatic rings. The van der Waals surface area contributed by atoms with Crippen molar-refractivity contribution in [2.24, 2.45) is 0 Å². The van der Waals surface area contributed by atoms with Crippen LogP contribution in [0.5, 0.6) is 5.75 Å². The third kappa shape index (κ3) is 6.93. The number of alkyl halides is 3. The standard InChI is InChI=1S/C33H29F4NO5S/c1-32(2,3)43-31(39)21-9-7-20(8-10-21)28-17-22(33(35,36)37)11-13-25(28)26-15-16-42-29-18-24(12-14-27(26)29)44(40,41)19-23-5-4-6-30(34)38-23/h4-14,17-18,26H,15-16,19H2,1-3H3/t26-/m1/s1. The normalized spacial score (nSPS) is 15.3. The van der Waals surface area contributed by atoms with E-state index in [0.29, 0.717) is 34.4 Å². The van der Waals surface area contributed by atoms with Crippen molar-refractivity contribution in [1.29, 1.82) is 0 Å². The first-order valence-corrected chi connectivity index (χ1v) is 15.4. The molecule has 44 heavy (non-hydrogen) atoms. The Hall–Kier alpha value is -4.25. The van der Waals surface area contributed by atoms with E-state index in [1.54, 1.807) is 39.0 Å². The predicted octanol–water partition coefficient (Wildman–Crippen LogP) is 7.75. The molecule has 0 bridgehead atoms. The minimum Gasteiger partial charge on any atom is -0.493 e. The zero-order valence-corrected chi connectivity index (χ0v) is 24.9. The van der Waals surface area contributed by atoms with E-state index in [1.165, 1.54) is 42.5 Å². The maximum absolute atomic E-state index is 13.8. The molecular formula is C33H29F4NO5S. The minimum atomic E-state index is -4.59. The van der Waals surface area contributed by atoms with Gasteiger partial charge in [-0.1, -0.05) is 30.3 Å². The molecule has 0 amide bonds. The number of sulfone groups is 1. The van der Waals surface area contributed by atoms with E-state index >= 15 is 0 Å². The van der Waals surface area contributed by atoms with Crippen molar-refractivity contribution in [3.05, 3.63) is 113 Å². The fourth-order valence-corrected chi connectivity index (χ4v) is 6.38. The number of carbonyl (C=O) groups is 1. The quantitative estimate of drug-likeness (QED) is 0.124. The molecule has 0 spiro atoms. The van der Waals surface area contributed by atoms with Gasteiger partial charge in [0.15, 0.2) is 9.84 Å². The molecule has 1 aliphatic heterocycles. The van der Waals surface area contributed by atoms with Crippen LogP contribution in [-0.4, -0.2) is 31.6 Å². The Morgan fingerprint density at radius 2 is 1.66 bits per heavy atom. The number of rotatable bonds is 6. The smallest absolute Gasteiger partial charge is 0.416 e. The largest absolute Gasteiger partial charge is 0.493 e. The van der Waals surface area contributed by atoms with Gasteiger partial charge in [0.25, 0.3) is 0 Å². The SMILES string of the molecule is CC(C)(C)OC(=O)c1ccc(-c2cc(C(F)(F)F)ccc2[C@H]2CCOc3cc(S(=O)(=O)Cc4cccc(F)n4)ccc32)cc1. The van der Waals surface area contributed by atoms with Crippen LogP contribution in [0.25, 0.3) is 11.1 Å². The number of carbonyl (C=O) groups excluding carboxylic acids is 1. The van der Waals surface area contributed by atoms with Gasteiger partial charge in [-0.15, -0.1) is 0 Å². The van der Waals surface area contributed by atoms with Crippen LogP contribution in [0.3, 0.4) is 0 Å². The lowest BCUT2D eigenvalue weighted by Crippen LogP contribution is -2.23. The lowest BCUT2D eigenvalue weighted by Gasteiger charge is -2.29. The second-order valence-corrected chi connectivity index (χ2v) is 13.5. The van der Waals surface area contributed by atoms with Crippen molar-refractivity contribution in [2.75, 3.05) is 6.61 Å². The predicted molar refractivity (Wildman–Crippen MR) is 156 cm³/mol. The van der Waals surface area contributed by atoms with Gasteiger partial charge in [0.05, 0.1) is 34.1 Å². The van der Waals surface area contributed by atoms with Crippen molar-refractivity contribution < 1.29 is 40.2 Å². The average molecular weight is 628 g/mol. The molecule has 4 aromatic rings. The maximum Gasteiger partial charge on any atom is 0.416 e. The summed E-state index contributed by atoms with van der Waals surface area (Å²) in [7, 11) is -3.91. The van der Waals surface area contributed by atoms with Crippen LogP contribution >= 0.6 is 0 Å². The van der Waals surface area contributed by atoms with E-state index in [-0.39, 0.29) is 22.8 Å². The Kier molecular flexibility index (Phi) is 8.28. The molecule has 3 aromatic carbocycles. The summed E-state index contributed by atoms with van der Waals surface area (Å²) in [4.78, 5) is 16.1. The molecule has 0 saturated carbocycles. The number of aromatic nitrogens is 1. The first-order chi connectivity index (χ1) is 20.6. The van der Waals surface area contributed by atoms with Crippen LogP contribution in [-0.2, 0) is 26.5 Å². The van der Waals surface area contributed by atoms with Crippen molar-refractivity contribution in [3.63, 3.8) is 0 Å². The van der Waals surface area contributed by atoms with E-state index in [9.17, 15) is 30.8 Å². The first kappa shape index (κ1) is 31.2. The van der Waals surface area contributed by atoms with Crippen molar-refractivity contribution in [2.45, 2.75) is 55.5 Å². The molecule has 1 atom stereocenters. The molecule has 0 aliphatic carbocycles. The van der Waals surface area contributed by atoms with E-state index in [0.717, 1.165) is 18.2 Å². The number of nitrogens with zero attached hydrogens (tertiary/aromatic N) is 1. The Bertz CT molecular complexity index is 1810. The lowest BCUT2D eigenvalue weighted by atomic mass is 9.82. The average Bonchev–Trinajstić information content (AvgIpc) is 2.95. The highest BCUT2D eigenvalue weighted by atomic mass is 32.2. The molecule has 0 fully saturated rings. The van der Waals surface area contributed by atoms with Crippen molar-refractivity contribution in [1.82, 2.24) is 4.98 Å². The van der Waals surface area contributed by atoms with Crippen molar-refractivity contribution in [3.8, 4) is 16.9 Å². The molecule has 1 aromatic heterocycles. The fourth-order valence-electron chi connectivity index (χ4n) is 5.10. The first-order valence-electron chi connectivity index (χ1n) is 13.8. The molecular weight excluding hydrogens is 598 g/mol. The summed E-state index contributed by atoms with van der Waals surface area (Å²) >= 11 is 0. The van der Waals surface area contributed by atoms with Gasteiger partial charge < -0.3 is 9.47 Å². The van der Waals surface area contributed by atoms with Crippen LogP contribution in [0.2, 0.25) is 0 Å². The van der Waals surface area contributed by atoms with Gasteiger partial charge in [-0.2, -0.15) is 17.6 Å². The summed E-state index contributed by atoms with van der Waals surface area (Å²) in [6, 6.07) is 18.0. The van der Waals surface area contributed by atoms with E-state index in [2.05, 4.69) is 4.98 Å². The molecule has 5 rings (SSSR count). The highest BCUT2D eigenvalue weighted by Crippen LogP contribution is 2.44. The number of fused-ring (bicyclic) bond motifs is 1. The van der Waals surface area contributed by atoms with Crippen LogP contribution in [0.15, 0.2) is 83.8 Å². The third-order valence-electron chi connectivity index (χ3n) is 7.08. The zero-order valence-electron chi connectivity index (χ0n) is 24.1. The number of pyridine rings is 1. The topological polar surface area (TPSA) is 82.6 Å². The summed E-state index contributed by atoms with van der Waals surface area (Å²) in [5.74, 6) is -1.98. The number of hydrogen-bond donors (Lipinski definition) is 0. The molecule has 6 nitrogen and oxygen atoms in total. The van der Waals surface area contributed by atoms with Crippen LogP contribution in [0.1, 0.15) is 65.9 Å². The number of esters is 1. The Balaban J connectivity index is 1.52. The van der Waals surface area contributed by atoms with Gasteiger partial charge in [0.1, 0.15) is 11.4 Å². The number of benzene rings is 3. The van der Waals surface area contributed by atoms with Crippen LogP contribution in [0, 0.1) is 5.95 Å². The monoisotopic (exact) mass is 627 g/mol. The Morgan fingerprint density at radius 1 is 0.955 bits per heavy atom. The van der Waals surface area contributed by atoms with Gasteiger partial charge in [-0.25, -0.2) is 18.2 Å². The lowest BCUT2D eigenvalue weighted by molar-refractivity contribution is -0.137. The Morgan fingerprint density at radius 3 is 2.32 bits per heavy atom. The maximum atomic E-state index is 13.8. The van der Waals surface area contributed by atoms with E-state index in [4.69, 9.17) is 9.47 Å². The zero-order chi connectivity index (χ0) is 31.9. The molecule has 0 saturated heterocycles. The fraction of sp³-hybridized carbons (Fsp3) is 0.273. The molecule has 0 unspecified atom stereocenters. The summed E-state index contributed by atoms with van der Waals surface area (Å²) in [6.45, 7) is 5.41. The summed E-state index contributed by atoms with van der Waals surface area (Å²) in [5.41, 5.74) is 0.764.